The number of carbonyl (C=O) groups excluding carboxylic acids is 2. The molecule has 10 heteroatoms. The molecule has 156 valence electrons. The van der Waals surface area contributed by atoms with Crippen LogP contribution >= 0.6 is 0 Å². The molecule has 0 unspecified atom stereocenters. The average molecular weight is 419 g/mol. The van der Waals surface area contributed by atoms with Gasteiger partial charge >= 0.3 is 12.2 Å². The van der Waals surface area contributed by atoms with E-state index >= 15 is 0 Å². The van der Waals surface area contributed by atoms with Crippen molar-refractivity contribution in [2.45, 2.75) is 12.2 Å². The molecule has 2 aromatic rings. The molecule has 0 radical (unpaired) electrons. The Balaban J connectivity index is 1.66. The van der Waals surface area contributed by atoms with E-state index in [0.29, 0.717) is 17.1 Å². The minimum absolute atomic E-state index is 0.0439. The smallest absolute Gasteiger partial charge is 0.418 e. The Labute approximate surface area is 168 Å². The van der Waals surface area contributed by atoms with Crippen molar-refractivity contribution in [3.8, 4) is 11.5 Å². The van der Waals surface area contributed by atoms with Gasteiger partial charge in [-0.1, -0.05) is 24.8 Å². The predicted octanol–water partition coefficient (Wildman–Crippen LogP) is 3.56. The van der Waals surface area contributed by atoms with Crippen molar-refractivity contribution in [3.05, 3.63) is 65.9 Å². The van der Waals surface area contributed by atoms with E-state index < -0.39 is 35.6 Å². The predicted molar refractivity (Wildman–Crippen MR) is 99.7 cm³/mol. The molecular formula is C20H16F3N3O4. The lowest BCUT2D eigenvalue weighted by molar-refractivity contribution is -0.137. The van der Waals surface area contributed by atoms with Gasteiger partial charge in [-0.05, 0) is 29.8 Å². The second-order valence-corrected chi connectivity index (χ2v) is 6.72. The van der Waals surface area contributed by atoms with Gasteiger partial charge in [-0.3, -0.25) is 4.79 Å². The Hall–Kier alpha value is -3.69. The molecule has 0 bridgehead atoms. The first-order valence-corrected chi connectivity index (χ1v) is 8.87. The lowest BCUT2D eigenvalue weighted by Gasteiger charge is -2.34. The Bertz CT molecular complexity index is 1040. The van der Waals surface area contributed by atoms with E-state index in [-0.39, 0.29) is 18.2 Å². The van der Waals surface area contributed by atoms with Gasteiger partial charge in [0.25, 0.3) is 0 Å². The molecule has 1 fully saturated rings. The van der Waals surface area contributed by atoms with Crippen LogP contribution < -0.4 is 25.4 Å². The molecular weight excluding hydrogens is 403 g/mol. The van der Waals surface area contributed by atoms with Crippen molar-refractivity contribution in [2.24, 2.45) is 5.92 Å². The molecule has 3 amide bonds. The van der Waals surface area contributed by atoms with Gasteiger partial charge in [0.05, 0.1) is 17.3 Å². The van der Waals surface area contributed by atoms with Gasteiger partial charge in [0.1, 0.15) is 5.92 Å². The number of alkyl halides is 3. The molecule has 0 aliphatic carbocycles. The second-order valence-electron chi connectivity index (χ2n) is 6.72. The number of carbonyl (C=O) groups is 2. The highest BCUT2D eigenvalue weighted by Crippen LogP contribution is 2.39. The fraction of sp³-hybridized carbons (Fsp3) is 0.200. The molecule has 0 saturated carbocycles. The normalized spacial score (nSPS) is 20.4. The molecule has 0 aromatic heterocycles. The van der Waals surface area contributed by atoms with Crippen LogP contribution in [0, 0.1) is 5.92 Å². The summed E-state index contributed by atoms with van der Waals surface area (Å²) in [7, 11) is 0. The number of rotatable bonds is 3. The van der Waals surface area contributed by atoms with Gasteiger partial charge in [0.2, 0.25) is 12.7 Å². The molecule has 1 saturated heterocycles. The lowest BCUT2D eigenvalue weighted by Crippen LogP contribution is -2.51. The minimum atomic E-state index is -4.64. The van der Waals surface area contributed by atoms with Crippen molar-refractivity contribution in [2.75, 3.05) is 12.1 Å². The van der Waals surface area contributed by atoms with E-state index in [2.05, 4.69) is 22.5 Å². The quantitative estimate of drug-likeness (QED) is 0.710. The molecule has 2 aromatic carbocycles. The molecule has 2 heterocycles. The number of benzene rings is 2. The second kappa shape index (κ2) is 7.29. The van der Waals surface area contributed by atoms with Crippen LogP contribution in [0.25, 0.3) is 0 Å². The maximum atomic E-state index is 13.3. The van der Waals surface area contributed by atoms with Crippen molar-refractivity contribution in [1.82, 2.24) is 10.6 Å². The number of amides is 3. The van der Waals surface area contributed by atoms with Crippen LogP contribution in [-0.4, -0.2) is 18.7 Å². The number of para-hydroxylation sites is 1. The van der Waals surface area contributed by atoms with E-state index in [4.69, 9.17) is 9.47 Å². The molecule has 7 nitrogen and oxygen atoms in total. The molecule has 2 aliphatic rings. The van der Waals surface area contributed by atoms with Gasteiger partial charge in [-0.15, -0.1) is 0 Å². The Morgan fingerprint density at radius 3 is 2.63 bits per heavy atom. The third-order valence-corrected chi connectivity index (χ3v) is 4.80. The highest BCUT2D eigenvalue weighted by Gasteiger charge is 2.40. The van der Waals surface area contributed by atoms with Crippen molar-refractivity contribution in [1.29, 1.82) is 0 Å². The highest BCUT2D eigenvalue weighted by atomic mass is 19.4. The zero-order valence-corrected chi connectivity index (χ0v) is 15.4. The van der Waals surface area contributed by atoms with Crippen molar-refractivity contribution in [3.63, 3.8) is 0 Å². The fourth-order valence-corrected chi connectivity index (χ4v) is 3.43. The molecule has 30 heavy (non-hydrogen) atoms. The van der Waals surface area contributed by atoms with Crippen LogP contribution in [0.3, 0.4) is 0 Å². The van der Waals surface area contributed by atoms with Crippen LogP contribution in [0.4, 0.5) is 23.7 Å². The average Bonchev–Trinajstić information content (AvgIpc) is 3.14. The lowest BCUT2D eigenvalue weighted by atomic mass is 9.88. The third kappa shape index (κ3) is 3.63. The highest BCUT2D eigenvalue weighted by molar-refractivity contribution is 5.97. The molecule has 4 rings (SSSR count). The summed E-state index contributed by atoms with van der Waals surface area (Å²) in [5.41, 5.74) is -0.788. The van der Waals surface area contributed by atoms with Gasteiger partial charge in [-0.25, -0.2) is 4.79 Å². The molecule has 2 atom stereocenters. The summed E-state index contributed by atoms with van der Waals surface area (Å²) in [6.07, 6.45) is -4.64. The van der Waals surface area contributed by atoms with Gasteiger partial charge in [-0.2, -0.15) is 13.2 Å². The van der Waals surface area contributed by atoms with E-state index in [1.807, 2.05) is 0 Å². The standard InChI is InChI=1S/C20H16F3N3O4/c1-10-16(18(27)25-13-5-3-2-4-12(13)20(21,22)23)17(26-19(28)24-10)11-6-7-14-15(8-11)30-9-29-14/h2-8,16-17H,1,9H2,(H,25,27)(H2,24,26,28)/t16-,17+/m0/s1. The Kier molecular flexibility index (Phi) is 4.76. The number of hydrogen-bond acceptors (Lipinski definition) is 4. The van der Waals surface area contributed by atoms with Crippen LogP contribution in [0.5, 0.6) is 11.5 Å². The summed E-state index contributed by atoms with van der Waals surface area (Å²) in [5, 5.41) is 7.35. The first-order valence-electron chi connectivity index (χ1n) is 8.87. The SMILES string of the molecule is C=C1NC(=O)N[C@H](c2ccc3c(c2)OCO3)[C@H]1C(=O)Nc1ccccc1C(F)(F)F. The van der Waals surface area contributed by atoms with Crippen LogP contribution in [0.1, 0.15) is 17.2 Å². The largest absolute Gasteiger partial charge is 0.454 e. The van der Waals surface area contributed by atoms with Gasteiger partial charge in [0.15, 0.2) is 11.5 Å². The van der Waals surface area contributed by atoms with Crippen LogP contribution in [0.2, 0.25) is 0 Å². The number of urea groups is 1. The maximum Gasteiger partial charge on any atom is 0.418 e. The van der Waals surface area contributed by atoms with Gasteiger partial charge in [0, 0.05) is 5.70 Å². The van der Waals surface area contributed by atoms with E-state index in [9.17, 15) is 22.8 Å². The van der Waals surface area contributed by atoms with Crippen LogP contribution in [-0.2, 0) is 11.0 Å². The Morgan fingerprint density at radius 1 is 1.13 bits per heavy atom. The molecule has 0 spiro atoms. The summed E-state index contributed by atoms with van der Waals surface area (Å²) in [5.74, 6) is -0.887. The number of hydrogen-bond donors (Lipinski definition) is 3. The Morgan fingerprint density at radius 2 is 1.87 bits per heavy atom. The monoisotopic (exact) mass is 419 g/mol. The number of ether oxygens (including phenoxy) is 2. The first-order chi connectivity index (χ1) is 14.2. The summed E-state index contributed by atoms with van der Waals surface area (Å²) in [6, 6.07) is 8.07. The minimum Gasteiger partial charge on any atom is -0.454 e. The van der Waals surface area contributed by atoms with Crippen molar-refractivity contribution < 1.29 is 32.2 Å². The summed E-state index contributed by atoms with van der Waals surface area (Å²) < 4.78 is 50.4. The number of fused-ring (bicyclic) bond motifs is 1. The maximum absolute atomic E-state index is 13.3. The zero-order chi connectivity index (χ0) is 21.5. The zero-order valence-electron chi connectivity index (χ0n) is 15.4. The fourth-order valence-electron chi connectivity index (χ4n) is 3.43. The first kappa shape index (κ1) is 19.6. The third-order valence-electron chi connectivity index (χ3n) is 4.80. The molecule has 2 aliphatic heterocycles. The van der Waals surface area contributed by atoms with Crippen LogP contribution in [0.15, 0.2) is 54.7 Å². The number of nitrogens with one attached hydrogen (secondary N) is 3. The molecule has 3 N–H and O–H groups in total. The van der Waals surface area contributed by atoms with E-state index in [1.165, 1.54) is 12.1 Å². The van der Waals surface area contributed by atoms with Gasteiger partial charge < -0.3 is 25.4 Å². The summed E-state index contributed by atoms with van der Waals surface area (Å²) in [4.78, 5) is 25.0. The van der Waals surface area contributed by atoms with E-state index in [0.717, 1.165) is 12.1 Å². The summed E-state index contributed by atoms with van der Waals surface area (Å²) >= 11 is 0. The number of anilines is 1. The number of halogens is 3. The topological polar surface area (TPSA) is 88.7 Å². The van der Waals surface area contributed by atoms with E-state index in [1.54, 1.807) is 18.2 Å². The summed E-state index contributed by atoms with van der Waals surface area (Å²) in [6.45, 7) is 3.76. The van der Waals surface area contributed by atoms with Crippen molar-refractivity contribution >= 4 is 17.6 Å².